The van der Waals surface area contributed by atoms with Gasteiger partial charge in [0.1, 0.15) is 0 Å². The highest BCUT2D eigenvalue weighted by atomic mass is 15.1. The Morgan fingerprint density at radius 1 is 0.145 bits per heavy atom. The van der Waals surface area contributed by atoms with Crippen molar-refractivity contribution in [2.24, 2.45) is 0 Å². The zero-order valence-corrected chi connectivity index (χ0v) is 34.3. The molecule has 10 aromatic carbocycles. The summed E-state index contributed by atoms with van der Waals surface area (Å²) in [5.41, 5.74) is 18.5. The van der Waals surface area contributed by atoms with Crippen LogP contribution in [0.15, 0.2) is 267 Å². The Morgan fingerprint density at radius 3 is 0.629 bits per heavy atom. The van der Waals surface area contributed by atoms with E-state index in [9.17, 15) is 0 Å². The zero-order chi connectivity index (χ0) is 41.5. The first-order valence-corrected chi connectivity index (χ1v) is 21.2. The molecule has 0 heterocycles. The molecule has 294 valence electrons. The maximum atomic E-state index is 2.34. The molecule has 2 nitrogen and oxygen atoms in total. The number of anilines is 6. The van der Waals surface area contributed by atoms with E-state index < -0.39 is 0 Å². The van der Waals surface area contributed by atoms with Crippen molar-refractivity contribution in [1.29, 1.82) is 0 Å². The molecule has 0 amide bonds. The molecule has 62 heavy (non-hydrogen) atoms. The fraction of sp³-hybridized carbons (Fsp3) is 0. The lowest BCUT2D eigenvalue weighted by Gasteiger charge is -2.26. The molecule has 10 aromatic rings. The summed E-state index contributed by atoms with van der Waals surface area (Å²) in [6.45, 7) is 0. The van der Waals surface area contributed by atoms with Gasteiger partial charge in [-0.05, 0) is 134 Å². The third-order valence-corrected chi connectivity index (χ3v) is 11.5. The minimum absolute atomic E-state index is 1.09. The third kappa shape index (κ3) is 8.18. The number of benzene rings is 10. The van der Waals surface area contributed by atoms with Crippen LogP contribution >= 0.6 is 0 Å². The quantitative estimate of drug-likeness (QED) is 0.129. The summed E-state index contributed by atoms with van der Waals surface area (Å²) in [5.74, 6) is 0. The van der Waals surface area contributed by atoms with E-state index in [1.165, 1.54) is 44.5 Å². The average molecular weight is 793 g/mol. The van der Waals surface area contributed by atoms with Crippen LogP contribution in [-0.2, 0) is 0 Å². The van der Waals surface area contributed by atoms with E-state index in [1.807, 2.05) is 0 Å². The van der Waals surface area contributed by atoms with Gasteiger partial charge in [-0.2, -0.15) is 0 Å². The van der Waals surface area contributed by atoms with Crippen molar-refractivity contribution in [1.82, 2.24) is 0 Å². The average Bonchev–Trinajstić information content (AvgIpc) is 3.36. The van der Waals surface area contributed by atoms with Crippen LogP contribution < -0.4 is 9.80 Å². The molecule has 10 rings (SSSR count). The largest absolute Gasteiger partial charge is 0.311 e. The van der Waals surface area contributed by atoms with E-state index in [2.05, 4.69) is 277 Å². The van der Waals surface area contributed by atoms with Crippen LogP contribution in [0.2, 0.25) is 0 Å². The molecule has 0 aromatic heterocycles. The van der Waals surface area contributed by atoms with Crippen LogP contribution in [0.25, 0.3) is 55.6 Å². The maximum absolute atomic E-state index is 2.34. The van der Waals surface area contributed by atoms with Gasteiger partial charge < -0.3 is 9.80 Å². The van der Waals surface area contributed by atoms with Crippen LogP contribution in [0.1, 0.15) is 0 Å². The van der Waals surface area contributed by atoms with Crippen molar-refractivity contribution >= 4 is 34.1 Å². The van der Waals surface area contributed by atoms with Gasteiger partial charge in [0.2, 0.25) is 0 Å². The highest BCUT2D eigenvalue weighted by Gasteiger charge is 2.16. The number of hydrogen-bond donors (Lipinski definition) is 0. The van der Waals surface area contributed by atoms with Crippen LogP contribution in [-0.4, -0.2) is 0 Å². The summed E-state index contributed by atoms with van der Waals surface area (Å²) < 4.78 is 0. The van der Waals surface area contributed by atoms with Gasteiger partial charge >= 0.3 is 0 Å². The van der Waals surface area contributed by atoms with Gasteiger partial charge in [0.25, 0.3) is 0 Å². The van der Waals surface area contributed by atoms with Crippen molar-refractivity contribution in [2.45, 2.75) is 0 Å². The molecule has 0 aliphatic rings. The first kappa shape index (κ1) is 38.0. The fourth-order valence-electron chi connectivity index (χ4n) is 8.26. The molecule has 0 atom stereocenters. The van der Waals surface area contributed by atoms with Crippen LogP contribution in [0.4, 0.5) is 34.1 Å². The SMILES string of the molecule is c1ccc(-c2ccc(N(c3ccccc3)c3ccc(-c4ccc(N(c5ccc(-c6ccccc6)cc5)c5ccc(-c6cccc(-c7ccccc7)c6)cc5)cc4)cc3)cc2)cc1. The van der Waals surface area contributed by atoms with Crippen molar-refractivity contribution in [2.75, 3.05) is 9.80 Å². The van der Waals surface area contributed by atoms with E-state index in [0.29, 0.717) is 0 Å². The number of rotatable bonds is 11. The molecule has 0 bridgehead atoms. The standard InChI is InChI=1S/C60H44N2/c1-5-14-45(15-6-1)48-24-34-56(35-25-48)61(55-22-11-4-12-23-55)57-38-28-50(29-39-57)51-30-40-59(41-31-51)62(58-36-26-49(27-37-58)46-16-7-2-8-17-46)60-42-32-52(33-43-60)54-21-13-20-53(44-54)47-18-9-3-10-19-47/h1-44H. The van der Waals surface area contributed by atoms with Crippen LogP contribution in [0, 0.1) is 0 Å². The van der Waals surface area contributed by atoms with E-state index in [1.54, 1.807) is 0 Å². The minimum Gasteiger partial charge on any atom is -0.311 e. The van der Waals surface area contributed by atoms with E-state index >= 15 is 0 Å². The highest BCUT2D eigenvalue weighted by molar-refractivity contribution is 5.83. The topological polar surface area (TPSA) is 6.48 Å². The van der Waals surface area contributed by atoms with Crippen LogP contribution in [0.5, 0.6) is 0 Å². The molecule has 0 radical (unpaired) electrons. The Bertz CT molecular complexity index is 2980. The van der Waals surface area contributed by atoms with Crippen molar-refractivity contribution < 1.29 is 0 Å². The van der Waals surface area contributed by atoms with E-state index in [-0.39, 0.29) is 0 Å². The molecule has 0 N–H and O–H groups in total. The highest BCUT2D eigenvalue weighted by Crippen LogP contribution is 2.40. The van der Waals surface area contributed by atoms with Gasteiger partial charge in [-0.25, -0.2) is 0 Å². The second-order valence-electron chi connectivity index (χ2n) is 15.4. The Morgan fingerprint density at radius 2 is 0.339 bits per heavy atom. The predicted molar refractivity (Wildman–Crippen MR) is 263 cm³/mol. The number of nitrogens with zero attached hydrogens (tertiary/aromatic N) is 2. The Hall–Kier alpha value is -8.20. The summed E-state index contributed by atoms with van der Waals surface area (Å²) >= 11 is 0. The van der Waals surface area contributed by atoms with Gasteiger partial charge in [-0.3, -0.25) is 0 Å². The Kier molecular flexibility index (Phi) is 10.8. The summed E-state index contributed by atoms with van der Waals surface area (Å²) in [5, 5.41) is 0. The van der Waals surface area contributed by atoms with Gasteiger partial charge in [-0.15, -0.1) is 0 Å². The van der Waals surface area contributed by atoms with Gasteiger partial charge in [0.15, 0.2) is 0 Å². The van der Waals surface area contributed by atoms with Gasteiger partial charge in [-0.1, -0.05) is 188 Å². The van der Waals surface area contributed by atoms with Crippen LogP contribution in [0.3, 0.4) is 0 Å². The van der Waals surface area contributed by atoms with Crippen molar-refractivity contribution in [3.05, 3.63) is 267 Å². The van der Waals surface area contributed by atoms with Crippen molar-refractivity contribution in [3.8, 4) is 55.6 Å². The van der Waals surface area contributed by atoms with Crippen molar-refractivity contribution in [3.63, 3.8) is 0 Å². The van der Waals surface area contributed by atoms with Gasteiger partial charge in [0.05, 0.1) is 0 Å². The molecular weight excluding hydrogens is 749 g/mol. The molecule has 0 spiro atoms. The molecule has 0 unspecified atom stereocenters. The molecule has 0 saturated carbocycles. The van der Waals surface area contributed by atoms with Gasteiger partial charge in [0, 0.05) is 34.1 Å². The zero-order valence-electron chi connectivity index (χ0n) is 34.3. The lowest BCUT2D eigenvalue weighted by atomic mass is 9.98. The predicted octanol–water partition coefficient (Wildman–Crippen LogP) is 17.0. The first-order valence-electron chi connectivity index (χ1n) is 21.2. The monoisotopic (exact) mass is 792 g/mol. The minimum atomic E-state index is 1.09. The summed E-state index contributed by atoms with van der Waals surface area (Å²) in [7, 11) is 0. The Balaban J connectivity index is 0.949. The third-order valence-electron chi connectivity index (χ3n) is 11.5. The molecule has 0 fully saturated rings. The molecule has 0 aliphatic heterocycles. The fourth-order valence-corrected chi connectivity index (χ4v) is 8.26. The first-order chi connectivity index (χ1) is 30.7. The number of hydrogen-bond acceptors (Lipinski definition) is 2. The lowest BCUT2D eigenvalue weighted by Crippen LogP contribution is -2.10. The molecule has 0 saturated heterocycles. The second-order valence-corrected chi connectivity index (χ2v) is 15.4. The normalized spacial score (nSPS) is 10.9. The summed E-state index contributed by atoms with van der Waals surface area (Å²) in [6, 6.07) is 95.5. The smallest absolute Gasteiger partial charge is 0.0462 e. The molecule has 2 heteroatoms. The van der Waals surface area contributed by atoms with E-state index in [4.69, 9.17) is 0 Å². The number of para-hydroxylation sites is 1. The Labute approximate surface area is 364 Å². The molecule has 0 aliphatic carbocycles. The lowest BCUT2D eigenvalue weighted by molar-refractivity contribution is 1.28. The van der Waals surface area contributed by atoms with E-state index in [0.717, 1.165) is 45.3 Å². The molecular formula is C60H44N2. The second kappa shape index (κ2) is 17.6. The maximum Gasteiger partial charge on any atom is 0.0462 e. The summed E-state index contributed by atoms with van der Waals surface area (Å²) in [6.07, 6.45) is 0. The summed E-state index contributed by atoms with van der Waals surface area (Å²) in [4.78, 5) is 4.65.